The quantitative estimate of drug-likeness (QED) is 0.303. The number of nitrogens with zero attached hydrogens (tertiary/aromatic N) is 3. The van der Waals surface area contributed by atoms with E-state index < -0.39 is 0 Å². The van der Waals surface area contributed by atoms with Crippen molar-refractivity contribution in [2.24, 2.45) is 4.99 Å². The number of halogens is 1. The molecule has 3 rings (SSSR count). The molecule has 0 bridgehead atoms. The highest BCUT2D eigenvalue weighted by Crippen LogP contribution is 2.15. The topological polar surface area (TPSA) is 61.1 Å². The van der Waals surface area contributed by atoms with Crippen LogP contribution < -0.4 is 5.32 Å². The van der Waals surface area contributed by atoms with Crippen LogP contribution >= 0.6 is 35.7 Å². The van der Waals surface area contributed by atoms with Gasteiger partial charge in [0, 0.05) is 44.7 Å². The Balaban J connectivity index is 0.00000261. The molecule has 27 heavy (non-hydrogen) atoms. The third-order valence-electron chi connectivity index (χ3n) is 4.42. The van der Waals surface area contributed by atoms with Gasteiger partial charge in [0.1, 0.15) is 0 Å². The number of nitrogens with one attached hydrogen (secondary N) is 1. The summed E-state index contributed by atoms with van der Waals surface area (Å²) in [4.78, 5) is 22.0. The maximum Gasteiger partial charge on any atom is 0.289 e. The van der Waals surface area contributed by atoms with Crippen LogP contribution in [0.15, 0.2) is 57.0 Å². The number of benzene rings is 1. The highest BCUT2D eigenvalue weighted by atomic mass is 127. The third kappa shape index (κ3) is 5.65. The molecule has 146 valence electrons. The monoisotopic (exact) mass is 500 g/mol. The molecule has 1 N–H and O–H groups in total. The van der Waals surface area contributed by atoms with E-state index in [4.69, 9.17) is 4.42 Å². The summed E-state index contributed by atoms with van der Waals surface area (Å²) < 4.78 is 5.21. The maximum atomic E-state index is 12.3. The largest absolute Gasteiger partial charge is 0.459 e. The van der Waals surface area contributed by atoms with E-state index in [1.807, 2.05) is 4.90 Å². The molecule has 1 aliphatic heterocycles. The highest BCUT2D eigenvalue weighted by molar-refractivity contribution is 14.0. The lowest BCUT2D eigenvalue weighted by atomic mass is 10.2. The first-order chi connectivity index (χ1) is 12.7. The Hall–Kier alpha value is -1.68. The van der Waals surface area contributed by atoms with Gasteiger partial charge in [-0.1, -0.05) is 12.1 Å². The predicted molar refractivity (Wildman–Crippen MR) is 120 cm³/mol. The van der Waals surface area contributed by atoms with Crippen LogP contribution in [-0.2, 0) is 6.54 Å². The first kappa shape index (κ1) is 21.6. The average molecular weight is 500 g/mol. The van der Waals surface area contributed by atoms with Gasteiger partial charge < -0.3 is 19.5 Å². The second-order valence-corrected chi connectivity index (χ2v) is 6.89. The first-order valence-corrected chi connectivity index (χ1v) is 9.85. The minimum atomic E-state index is -0.0496. The van der Waals surface area contributed by atoms with Crippen molar-refractivity contribution in [3.8, 4) is 0 Å². The summed E-state index contributed by atoms with van der Waals surface area (Å²) in [6.45, 7) is 3.53. The van der Waals surface area contributed by atoms with Gasteiger partial charge >= 0.3 is 0 Å². The van der Waals surface area contributed by atoms with Crippen LogP contribution in [0.3, 0.4) is 0 Å². The molecule has 0 radical (unpaired) electrons. The van der Waals surface area contributed by atoms with Gasteiger partial charge in [-0.15, -0.1) is 35.7 Å². The van der Waals surface area contributed by atoms with Gasteiger partial charge in [-0.25, -0.2) is 0 Å². The van der Waals surface area contributed by atoms with E-state index >= 15 is 0 Å². The summed E-state index contributed by atoms with van der Waals surface area (Å²) in [6.07, 6.45) is 3.60. The van der Waals surface area contributed by atoms with Crippen molar-refractivity contribution < 1.29 is 9.21 Å². The summed E-state index contributed by atoms with van der Waals surface area (Å²) in [5.74, 6) is 1.21. The number of guanidine groups is 1. The number of hydrogen-bond acceptors (Lipinski definition) is 4. The Morgan fingerprint density at radius 1 is 1.15 bits per heavy atom. The molecule has 1 aliphatic rings. The Kier molecular flexibility index (Phi) is 8.49. The van der Waals surface area contributed by atoms with E-state index in [0.29, 0.717) is 18.8 Å². The van der Waals surface area contributed by atoms with Crippen molar-refractivity contribution >= 4 is 47.6 Å². The molecule has 1 aromatic heterocycles. The molecule has 1 amide bonds. The van der Waals surface area contributed by atoms with Crippen LogP contribution in [-0.4, -0.2) is 61.1 Å². The number of carbonyl (C=O) groups excluding carboxylic acids is 1. The first-order valence-electron chi connectivity index (χ1n) is 8.62. The SMILES string of the molecule is CN=C(NCc1ccc(SC)cc1)N1CCN(C(=O)c2ccco2)CC1.I. The molecule has 0 aliphatic carbocycles. The number of aliphatic imine (C=N–C) groups is 1. The summed E-state index contributed by atoms with van der Waals surface area (Å²) >= 11 is 1.74. The zero-order chi connectivity index (χ0) is 18.4. The summed E-state index contributed by atoms with van der Waals surface area (Å²) in [5, 5.41) is 3.41. The number of thioether (sulfide) groups is 1. The van der Waals surface area contributed by atoms with Crippen LogP contribution in [0.1, 0.15) is 16.1 Å². The lowest BCUT2D eigenvalue weighted by Gasteiger charge is -2.36. The molecule has 2 aromatic rings. The smallest absolute Gasteiger partial charge is 0.289 e. The number of hydrogen-bond donors (Lipinski definition) is 1. The molecule has 0 spiro atoms. The van der Waals surface area contributed by atoms with Crippen molar-refractivity contribution in [2.45, 2.75) is 11.4 Å². The average Bonchev–Trinajstić information content (AvgIpc) is 3.24. The van der Waals surface area contributed by atoms with Gasteiger partial charge in [0.15, 0.2) is 11.7 Å². The molecular weight excluding hydrogens is 475 g/mol. The molecule has 6 nitrogen and oxygen atoms in total. The van der Waals surface area contributed by atoms with Gasteiger partial charge in [-0.2, -0.15) is 0 Å². The molecule has 0 atom stereocenters. The Morgan fingerprint density at radius 2 is 1.81 bits per heavy atom. The van der Waals surface area contributed by atoms with Crippen LogP contribution in [0.25, 0.3) is 0 Å². The van der Waals surface area contributed by atoms with Crippen molar-refractivity contribution in [3.05, 3.63) is 54.0 Å². The molecule has 0 saturated carbocycles. The number of carbonyl (C=O) groups is 1. The second kappa shape index (κ2) is 10.6. The lowest BCUT2D eigenvalue weighted by molar-refractivity contribution is 0.0657. The third-order valence-corrected chi connectivity index (χ3v) is 5.16. The van der Waals surface area contributed by atoms with Crippen LogP contribution in [0.2, 0.25) is 0 Å². The zero-order valence-electron chi connectivity index (χ0n) is 15.6. The minimum absolute atomic E-state index is 0. The van der Waals surface area contributed by atoms with Crippen molar-refractivity contribution in [1.82, 2.24) is 15.1 Å². The number of amides is 1. The molecule has 1 fully saturated rings. The number of furan rings is 1. The molecule has 1 saturated heterocycles. The Bertz CT molecular complexity index is 742. The van der Waals surface area contributed by atoms with E-state index in [2.05, 4.69) is 45.7 Å². The summed E-state index contributed by atoms with van der Waals surface area (Å²) in [5.41, 5.74) is 1.22. The standard InChI is InChI=1S/C19H24N4O2S.HI/c1-20-19(21-14-15-5-7-16(26-2)8-6-15)23-11-9-22(10-12-23)18(24)17-4-3-13-25-17;/h3-8,13H,9-12,14H2,1-2H3,(H,20,21);1H. The second-order valence-electron chi connectivity index (χ2n) is 6.01. The van der Waals surface area contributed by atoms with E-state index in [1.54, 1.807) is 30.9 Å². The Labute approximate surface area is 181 Å². The fourth-order valence-electron chi connectivity index (χ4n) is 2.93. The number of piperazine rings is 1. The fraction of sp³-hybridized carbons (Fsp3) is 0.368. The Morgan fingerprint density at radius 3 is 2.37 bits per heavy atom. The lowest BCUT2D eigenvalue weighted by Crippen LogP contribution is -2.53. The highest BCUT2D eigenvalue weighted by Gasteiger charge is 2.25. The van der Waals surface area contributed by atoms with Gasteiger partial charge in [-0.3, -0.25) is 9.79 Å². The summed E-state index contributed by atoms with van der Waals surface area (Å²) in [7, 11) is 1.79. The van der Waals surface area contributed by atoms with Crippen LogP contribution in [0, 0.1) is 0 Å². The van der Waals surface area contributed by atoms with E-state index in [-0.39, 0.29) is 29.9 Å². The van der Waals surface area contributed by atoms with Crippen LogP contribution in [0.5, 0.6) is 0 Å². The zero-order valence-corrected chi connectivity index (χ0v) is 18.7. The molecule has 1 aromatic carbocycles. The van der Waals surface area contributed by atoms with Gasteiger partial charge in [0.25, 0.3) is 5.91 Å². The van der Waals surface area contributed by atoms with Crippen molar-refractivity contribution in [2.75, 3.05) is 39.5 Å². The van der Waals surface area contributed by atoms with Gasteiger partial charge in [0.2, 0.25) is 0 Å². The molecular formula is C19H25IN4O2S. The van der Waals surface area contributed by atoms with Gasteiger partial charge in [-0.05, 0) is 36.1 Å². The van der Waals surface area contributed by atoms with E-state index in [0.717, 1.165) is 25.6 Å². The number of rotatable bonds is 4. The fourth-order valence-corrected chi connectivity index (χ4v) is 3.34. The maximum absolute atomic E-state index is 12.3. The minimum Gasteiger partial charge on any atom is -0.459 e. The van der Waals surface area contributed by atoms with Crippen molar-refractivity contribution in [1.29, 1.82) is 0 Å². The molecule has 8 heteroatoms. The summed E-state index contributed by atoms with van der Waals surface area (Å²) in [6, 6.07) is 12.0. The molecule has 2 heterocycles. The normalized spacial score (nSPS) is 14.7. The van der Waals surface area contributed by atoms with Crippen molar-refractivity contribution in [3.63, 3.8) is 0 Å². The van der Waals surface area contributed by atoms with Gasteiger partial charge in [0.05, 0.1) is 6.26 Å². The van der Waals surface area contributed by atoms with E-state index in [1.165, 1.54) is 16.7 Å². The van der Waals surface area contributed by atoms with Crippen LogP contribution in [0.4, 0.5) is 0 Å². The van der Waals surface area contributed by atoms with E-state index in [9.17, 15) is 4.79 Å². The predicted octanol–water partition coefficient (Wildman–Crippen LogP) is 3.15. The molecule has 0 unspecified atom stereocenters.